The van der Waals surface area contributed by atoms with E-state index in [0.29, 0.717) is 13.0 Å². The van der Waals surface area contributed by atoms with Gasteiger partial charge in [-0.15, -0.1) is 0 Å². The lowest BCUT2D eigenvalue weighted by molar-refractivity contribution is -0.117. The number of carbonyl (C=O) groups is 1. The number of benzene rings is 1. The number of ether oxygens (including phenoxy) is 1. The molecule has 0 saturated heterocycles. The third kappa shape index (κ3) is 5.88. The van der Waals surface area contributed by atoms with Crippen LogP contribution in [0.1, 0.15) is 31.4 Å². The number of hydrogen-bond acceptors (Lipinski definition) is 3. The minimum atomic E-state index is 0.253. The van der Waals surface area contributed by atoms with Gasteiger partial charge in [-0.1, -0.05) is 12.1 Å². The van der Waals surface area contributed by atoms with E-state index in [0.717, 1.165) is 25.3 Å². The van der Waals surface area contributed by atoms with Gasteiger partial charge in [-0.25, -0.2) is 0 Å². The molecule has 0 fully saturated rings. The molecule has 19 heavy (non-hydrogen) atoms. The van der Waals surface area contributed by atoms with Gasteiger partial charge in [0, 0.05) is 19.5 Å². The molecule has 3 heteroatoms. The molecular weight excluding hydrogens is 238 g/mol. The number of aryl methyl sites for hydroxylation is 1. The summed E-state index contributed by atoms with van der Waals surface area (Å²) >= 11 is 0. The lowest BCUT2D eigenvalue weighted by Crippen LogP contribution is -2.23. The molecule has 0 aliphatic rings. The third-order valence-corrected chi connectivity index (χ3v) is 3.17. The van der Waals surface area contributed by atoms with Crippen LogP contribution in [0.15, 0.2) is 18.2 Å². The van der Waals surface area contributed by atoms with Crippen LogP contribution >= 0.6 is 0 Å². The second-order valence-electron chi connectivity index (χ2n) is 5.04. The number of Topliss-reactive ketones (excluding diaryl/α,β-unsaturated/α-hetero) is 1. The standard InChI is InChI=1S/C16H25NO2/c1-5-19-16-7-6-15(12-13(16)2)9-11-17(4)10-8-14(3)18/h6-7,12H,5,8-11H2,1-4H3. The number of likely N-dealkylation sites (N-methyl/N-ethyl adjacent to an activating group) is 1. The second-order valence-corrected chi connectivity index (χ2v) is 5.04. The van der Waals surface area contributed by atoms with Gasteiger partial charge in [-0.05, 0) is 51.4 Å². The summed E-state index contributed by atoms with van der Waals surface area (Å²) in [7, 11) is 2.06. The zero-order valence-electron chi connectivity index (χ0n) is 12.5. The van der Waals surface area contributed by atoms with Gasteiger partial charge < -0.3 is 9.64 Å². The van der Waals surface area contributed by atoms with E-state index in [1.807, 2.05) is 13.0 Å². The number of carbonyl (C=O) groups excluding carboxylic acids is 1. The molecule has 0 radical (unpaired) electrons. The van der Waals surface area contributed by atoms with Crippen molar-refractivity contribution in [1.29, 1.82) is 0 Å². The zero-order valence-corrected chi connectivity index (χ0v) is 12.5. The second kappa shape index (κ2) is 7.95. The van der Waals surface area contributed by atoms with Crippen LogP contribution < -0.4 is 4.74 Å². The molecule has 1 aromatic rings. The predicted octanol–water partition coefficient (Wildman–Crippen LogP) is 2.85. The first kappa shape index (κ1) is 15.7. The van der Waals surface area contributed by atoms with Gasteiger partial charge in [-0.3, -0.25) is 4.79 Å². The van der Waals surface area contributed by atoms with Gasteiger partial charge in [0.05, 0.1) is 6.61 Å². The van der Waals surface area contributed by atoms with Crippen LogP contribution in [0, 0.1) is 6.92 Å². The number of rotatable bonds is 8. The molecule has 0 unspecified atom stereocenters. The average molecular weight is 263 g/mol. The molecule has 0 N–H and O–H groups in total. The normalized spacial score (nSPS) is 10.8. The first-order chi connectivity index (χ1) is 9.02. The summed E-state index contributed by atoms with van der Waals surface area (Å²) in [6.07, 6.45) is 1.64. The minimum Gasteiger partial charge on any atom is -0.494 e. The molecule has 0 aromatic heterocycles. The monoisotopic (exact) mass is 263 g/mol. The fourth-order valence-electron chi connectivity index (χ4n) is 1.96. The molecule has 0 heterocycles. The fraction of sp³-hybridized carbons (Fsp3) is 0.562. The number of nitrogens with zero attached hydrogens (tertiary/aromatic N) is 1. The van der Waals surface area contributed by atoms with E-state index in [1.165, 1.54) is 11.1 Å². The van der Waals surface area contributed by atoms with Gasteiger partial charge in [-0.2, -0.15) is 0 Å². The molecule has 1 aromatic carbocycles. The Morgan fingerprint density at radius 2 is 2.05 bits per heavy atom. The lowest BCUT2D eigenvalue weighted by atomic mass is 10.1. The Hall–Kier alpha value is -1.35. The van der Waals surface area contributed by atoms with Crippen molar-refractivity contribution in [3.05, 3.63) is 29.3 Å². The smallest absolute Gasteiger partial charge is 0.131 e. The maximum absolute atomic E-state index is 10.9. The van der Waals surface area contributed by atoms with Crippen LogP contribution in [0.2, 0.25) is 0 Å². The van der Waals surface area contributed by atoms with Crippen LogP contribution in [0.4, 0.5) is 0 Å². The van der Waals surface area contributed by atoms with E-state index in [2.05, 4.69) is 31.0 Å². The molecule has 1 rings (SSSR count). The van der Waals surface area contributed by atoms with Crippen molar-refractivity contribution >= 4 is 5.78 Å². The van der Waals surface area contributed by atoms with Crippen molar-refractivity contribution < 1.29 is 9.53 Å². The first-order valence-electron chi connectivity index (χ1n) is 6.93. The van der Waals surface area contributed by atoms with Crippen molar-refractivity contribution in [3.8, 4) is 5.75 Å². The molecule has 3 nitrogen and oxygen atoms in total. The molecule has 0 amide bonds. The summed E-state index contributed by atoms with van der Waals surface area (Å²) < 4.78 is 5.53. The van der Waals surface area contributed by atoms with Gasteiger partial charge >= 0.3 is 0 Å². The summed E-state index contributed by atoms with van der Waals surface area (Å²) in [5.41, 5.74) is 2.50. The lowest BCUT2D eigenvalue weighted by Gasteiger charge is -2.16. The van der Waals surface area contributed by atoms with Crippen molar-refractivity contribution in [2.75, 3.05) is 26.7 Å². The molecule has 106 valence electrons. The molecule has 0 spiro atoms. The van der Waals surface area contributed by atoms with Gasteiger partial charge in [0.1, 0.15) is 11.5 Å². The Balaban J connectivity index is 2.45. The summed E-state index contributed by atoms with van der Waals surface area (Å²) in [4.78, 5) is 13.1. The fourth-order valence-corrected chi connectivity index (χ4v) is 1.96. The predicted molar refractivity (Wildman–Crippen MR) is 78.8 cm³/mol. The van der Waals surface area contributed by atoms with Crippen LogP contribution in [0.5, 0.6) is 5.75 Å². The average Bonchev–Trinajstić information content (AvgIpc) is 2.37. The highest BCUT2D eigenvalue weighted by atomic mass is 16.5. The number of ketones is 1. The van der Waals surface area contributed by atoms with Gasteiger partial charge in [0.2, 0.25) is 0 Å². The molecular formula is C16H25NO2. The molecule has 0 atom stereocenters. The highest BCUT2D eigenvalue weighted by Crippen LogP contribution is 2.19. The van der Waals surface area contributed by atoms with Gasteiger partial charge in [0.15, 0.2) is 0 Å². The van der Waals surface area contributed by atoms with E-state index in [4.69, 9.17) is 4.74 Å². The van der Waals surface area contributed by atoms with E-state index in [-0.39, 0.29) is 5.78 Å². The largest absolute Gasteiger partial charge is 0.494 e. The minimum absolute atomic E-state index is 0.253. The third-order valence-electron chi connectivity index (χ3n) is 3.17. The van der Waals surface area contributed by atoms with Crippen molar-refractivity contribution in [2.45, 2.75) is 33.6 Å². The number of hydrogen-bond donors (Lipinski definition) is 0. The first-order valence-corrected chi connectivity index (χ1v) is 6.93. The summed E-state index contributed by atoms with van der Waals surface area (Å²) in [6.45, 7) is 8.23. The van der Waals surface area contributed by atoms with Crippen LogP contribution in [-0.4, -0.2) is 37.4 Å². The Morgan fingerprint density at radius 3 is 2.63 bits per heavy atom. The summed E-state index contributed by atoms with van der Waals surface area (Å²) in [6, 6.07) is 6.35. The summed E-state index contributed by atoms with van der Waals surface area (Å²) in [5, 5.41) is 0. The van der Waals surface area contributed by atoms with E-state index < -0.39 is 0 Å². The highest BCUT2D eigenvalue weighted by molar-refractivity contribution is 5.75. The van der Waals surface area contributed by atoms with E-state index in [1.54, 1.807) is 6.92 Å². The van der Waals surface area contributed by atoms with Crippen LogP contribution in [-0.2, 0) is 11.2 Å². The van der Waals surface area contributed by atoms with E-state index in [9.17, 15) is 4.79 Å². The van der Waals surface area contributed by atoms with Crippen LogP contribution in [0.3, 0.4) is 0 Å². The van der Waals surface area contributed by atoms with Crippen molar-refractivity contribution in [3.63, 3.8) is 0 Å². The Labute approximate surface area is 116 Å². The molecule has 0 saturated carbocycles. The van der Waals surface area contributed by atoms with Crippen molar-refractivity contribution in [1.82, 2.24) is 4.90 Å². The molecule has 0 aliphatic heterocycles. The SMILES string of the molecule is CCOc1ccc(CCN(C)CCC(C)=O)cc1C. The topological polar surface area (TPSA) is 29.5 Å². The highest BCUT2D eigenvalue weighted by Gasteiger charge is 2.04. The van der Waals surface area contributed by atoms with Crippen LogP contribution in [0.25, 0.3) is 0 Å². The maximum Gasteiger partial charge on any atom is 0.131 e. The Bertz CT molecular complexity index is 415. The molecule has 0 aliphatic carbocycles. The quantitative estimate of drug-likeness (QED) is 0.722. The Morgan fingerprint density at radius 1 is 1.32 bits per heavy atom. The molecule has 0 bridgehead atoms. The summed E-state index contributed by atoms with van der Waals surface area (Å²) in [5.74, 6) is 1.22. The maximum atomic E-state index is 10.9. The van der Waals surface area contributed by atoms with Crippen molar-refractivity contribution in [2.24, 2.45) is 0 Å². The Kier molecular flexibility index (Phi) is 6.57. The van der Waals surface area contributed by atoms with E-state index >= 15 is 0 Å². The zero-order chi connectivity index (χ0) is 14.3. The van der Waals surface area contributed by atoms with Gasteiger partial charge in [0.25, 0.3) is 0 Å².